The van der Waals surface area contributed by atoms with E-state index in [1.165, 1.54) is 0 Å². The highest BCUT2D eigenvalue weighted by Crippen LogP contribution is 2.53. The van der Waals surface area contributed by atoms with Gasteiger partial charge in [0, 0.05) is 12.8 Å². The van der Waals surface area contributed by atoms with E-state index in [-0.39, 0.29) is 11.2 Å². The van der Waals surface area contributed by atoms with Gasteiger partial charge in [0.1, 0.15) is 0 Å². The molecule has 0 amide bonds. The molecule has 1 saturated heterocycles. The standard InChI is InChI=1S/C18H23BO4/c1-16(2)17(3,4)23-19(22-16)14-8-6-5-7-13(9-10-14)18(11-12-18)15(20)21/h9-10H,7-8,11-12H2,1-4H3,(H,20,21)/b13-9+,14-10+. The van der Waals surface area contributed by atoms with E-state index in [2.05, 4.69) is 11.8 Å². The summed E-state index contributed by atoms with van der Waals surface area (Å²) in [6.07, 6.45) is 6.40. The smallest absolute Gasteiger partial charge is 0.481 e. The molecule has 1 aliphatic heterocycles. The Hall–Kier alpha value is -1.51. The van der Waals surface area contributed by atoms with Crippen molar-refractivity contribution in [1.29, 1.82) is 0 Å². The van der Waals surface area contributed by atoms with E-state index in [0.29, 0.717) is 25.7 Å². The third-order valence-corrected chi connectivity index (χ3v) is 5.53. The lowest BCUT2D eigenvalue weighted by Crippen LogP contribution is -2.41. The molecule has 0 aromatic heterocycles. The highest BCUT2D eigenvalue weighted by Gasteiger charge is 2.54. The Morgan fingerprint density at radius 2 is 1.65 bits per heavy atom. The minimum atomic E-state index is -0.739. The summed E-state index contributed by atoms with van der Waals surface area (Å²) in [4.78, 5) is 11.5. The van der Waals surface area contributed by atoms with Crippen LogP contribution in [-0.4, -0.2) is 29.4 Å². The molecule has 1 heterocycles. The van der Waals surface area contributed by atoms with Crippen LogP contribution in [0, 0.1) is 17.3 Å². The lowest BCUT2D eigenvalue weighted by molar-refractivity contribution is -0.141. The Bertz CT molecular complexity index is 640. The van der Waals surface area contributed by atoms with Gasteiger partial charge in [-0.15, -0.1) is 0 Å². The molecule has 0 unspecified atom stereocenters. The van der Waals surface area contributed by atoms with Gasteiger partial charge in [0.2, 0.25) is 0 Å². The van der Waals surface area contributed by atoms with E-state index in [1.54, 1.807) is 0 Å². The second kappa shape index (κ2) is 5.26. The van der Waals surface area contributed by atoms with E-state index in [9.17, 15) is 9.90 Å². The van der Waals surface area contributed by atoms with Crippen LogP contribution in [-0.2, 0) is 14.1 Å². The fourth-order valence-electron chi connectivity index (χ4n) is 2.93. The number of carboxylic acid groups (broad SMARTS) is 1. The molecule has 122 valence electrons. The van der Waals surface area contributed by atoms with Crippen LogP contribution in [0.1, 0.15) is 53.4 Å². The van der Waals surface area contributed by atoms with Gasteiger partial charge in [-0.1, -0.05) is 24.0 Å². The molecule has 3 rings (SSSR count). The first-order chi connectivity index (χ1) is 10.7. The largest absolute Gasteiger partial charge is 0.491 e. The maximum Gasteiger partial charge on any atom is 0.491 e. The molecule has 23 heavy (non-hydrogen) atoms. The van der Waals surface area contributed by atoms with Crippen LogP contribution < -0.4 is 0 Å². The van der Waals surface area contributed by atoms with Crippen LogP contribution in [0.2, 0.25) is 0 Å². The van der Waals surface area contributed by atoms with E-state index in [0.717, 1.165) is 11.0 Å². The average molecular weight is 314 g/mol. The van der Waals surface area contributed by atoms with Crippen molar-refractivity contribution in [2.75, 3.05) is 0 Å². The molecule has 0 aromatic rings. The molecule has 0 bridgehead atoms. The van der Waals surface area contributed by atoms with Gasteiger partial charge in [-0.2, -0.15) is 0 Å². The first kappa shape index (κ1) is 16.4. The van der Waals surface area contributed by atoms with Gasteiger partial charge in [0.05, 0.1) is 16.6 Å². The quantitative estimate of drug-likeness (QED) is 0.642. The van der Waals surface area contributed by atoms with Crippen LogP contribution in [0.15, 0.2) is 23.2 Å². The monoisotopic (exact) mass is 314 g/mol. The number of allylic oxidation sites excluding steroid dienone is 3. The summed E-state index contributed by atoms with van der Waals surface area (Å²) >= 11 is 0. The molecule has 1 N–H and O–H groups in total. The molecule has 4 nitrogen and oxygen atoms in total. The van der Waals surface area contributed by atoms with Gasteiger partial charge < -0.3 is 14.4 Å². The number of rotatable bonds is 3. The maximum atomic E-state index is 11.5. The van der Waals surface area contributed by atoms with E-state index >= 15 is 0 Å². The Labute approximate surface area is 138 Å². The Morgan fingerprint density at radius 3 is 2.17 bits per heavy atom. The predicted molar refractivity (Wildman–Crippen MR) is 88.6 cm³/mol. The van der Waals surface area contributed by atoms with E-state index in [4.69, 9.17) is 9.31 Å². The highest BCUT2D eigenvalue weighted by molar-refractivity contribution is 6.54. The lowest BCUT2D eigenvalue weighted by atomic mass is 9.75. The van der Waals surface area contributed by atoms with Crippen LogP contribution in [0.4, 0.5) is 0 Å². The third-order valence-electron chi connectivity index (χ3n) is 5.53. The summed E-state index contributed by atoms with van der Waals surface area (Å²) < 4.78 is 12.2. The normalized spacial score (nSPS) is 31.6. The summed E-state index contributed by atoms with van der Waals surface area (Å²) in [6, 6.07) is 0. The minimum absolute atomic E-state index is 0.389. The number of hydrogen-bond donors (Lipinski definition) is 1. The second-order valence-electron chi connectivity index (χ2n) is 7.62. The van der Waals surface area contributed by atoms with Crippen LogP contribution >= 0.6 is 0 Å². The number of carbonyl (C=O) groups is 1. The van der Waals surface area contributed by atoms with Gasteiger partial charge in [0.25, 0.3) is 0 Å². The molecule has 0 atom stereocenters. The molecule has 2 aliphatic carbocycles. The van der Waals surface area contributed by atoms with Crippen LogP contribution in [0.25, 0.3) is 0 Å². The van der Waals surface area contributed by atoms with Crippen molar-refractivity contribution in [3.63, 3.8) is 0 Å². The molecule has 1 saturated carbocycles. The minimum Gasteiger partial charge on any atom is -0.481 e. The predicted octanol–water partition coefficient (Wildman–Crippen LogP) is 3.13. The van der Waals surface area contributed by atoms with E-state index < -0.39 is 18.5 Å². The highest BCUT2D eigenvalue weighted by atomic mass is 16.7. The van der Waals surface area contributed by atoms with Gasteiger partial charge in [0.15, 0.2) is 0 Å². The molecular formula is C18H23BO4. The van der Waals surface area contributed by atoms with Crippen molar-refractivity contribution in [2.45, 2.75) is 64.6 Å². The van der Waals surface area contributed by atoms with Gasteiger partial charge in [-0.05, 0) is 51.6 Å². The fourth-order valence-corrected chi connectivity index (χ4v) is 2.93. The van der Waals surface area contributed by atoms with Crippen molar-refractivity contribution < 1.29 is 19.2 Å². The first-order valence-electron chi connectivity index (χ1n) is 8.13. The summed E-state index contributed by atoms with van der Waals surface area (Å²) in [7, 11) is -0.426. The molecule has 5 heteroatoms. The number of aliphatic carboxylic acids is 1. The van der Waals surface area contributed by atoms with Crippen LogP contribution in [0.3, 0.4) is 0 Å². The van der Waals surface area contributed by atoms with Gasteiger partial charge >= 0.3 is 13.1 Å². The number of hydrogen-bond acceptors (Lipinski definition) is 3. The Kier molecular flexibility index (Phi) is 3.74. The maximum absolute atomic E-state index is 11.5. The molecule has 0 radical (unpaired) electrons. The summed E-state index contributed by atoms with van der Waals surface area (Å²) in [5.41, 5.74) is 0.378. The molecular weight excluding hydrogens is 291 g/mol. The molecule has 2 fully saturated rings. The molecule has 3 aliphatic rings. The SMILES string of the molecule is CC1(C)OB(/C2=C/C=C(/C3(C(=O)O)CC3)CC#CC2)OC1(C)C. The van der Waals surface area contributed by atoms with Crippen molar-refractivity contribution in [3.05, 3.63) is 23.2 Å². The summed E-state index contributed by atoms with van der Waals surface area (Å²) in [6.45, 7) is 8.08. The first-order valence-corrected chi connectivity index (χ1v) is 8.13. The van der Waals surface area contributed by atoms with Gasteiger partial charge in [-0.3, -0.25) is 4.79 Å². The average Bonchev–Trinajstić information content (AvgIpc) is 3.14. The van der Waals surface area contributed by atoms with Crippen molar-refractivity contribution in [1.82, 2.24) is 0 Å². The van der Waals surface area contributed by atoms with Crippen LogP contribution in [0.5, 0.6) is 0 Å². The summed E-state index contributed by atoms with van der Waals surface area (Å²) in [5, 5.41) is 9.47. The Morgan fingerprint density at radius 1 is 1.09 bits per heavy atom. The zero-order valence-electron chi connectivity index (χ0n) is 14.2. The molecule has 0 aromatic carbocycles. The van der Waals surface area contributed by atoms with Crippen molar-refractivity contribution in [3.8, 4) is 11.8 Å². The van der Waals surface area contributed by atoms with E-state index in [1.807, 2.05) is 39.8 Å². The number of carboxylic acids is 1. The molecule has 0 spiro atoms. The Balaban J connectivity index is 1.87. The zero-order valence-corrected chi connectivity index (χ0v) is 14.2. The lowest BCUT2D eigenvalue weighted by Gasteiger charge is -2.32. The fraction of sp³-hybridized carbons (Fsp3) is 0.611. The summed E-state index contributed by atoms with van der Waals surface area (Å²) in [5.74, 6) is 5.49. The zero-order chi connectivity index (χ0) is 16.9. The second-order valence-corrected chi connectivity index (χ2v) is 7.62. The van der Waals surface area contributed by atoms with Gasteiger partial charge in [-0.25, -0.2) is 0 Å². The van der Waals surface area contributed by atoms with Crippen molar-refractivity contribution >= 4 is 13.1 Å². The topological polar surface area (TPSA) is 55.8 Å². The van der Waals surface area contributed by atoms with Crippen molar-refractivity contribution in [2.24, 2.45) is 5.41 Å². The third kappa shape index (κ3) is 2.75.